The standard InChI is InChI=1S/C28H35F3N4O5S/c1-34-10-4-19-16-21(18-24(25(19)34)40-14-9-28(29,30)31)32-26(37)22-3-2-20(33-41(38,39)15-13-36)17-23(22)35-11-7-27(5-6-27)8-12-35/h2-3,16-18,33,36H,4-15H2,1H3,(H,32,37). The topological polar surface area (TPSA) is 111 Å². The molecule has 1 amide bonds. The van der Waals surface area contributed by atoms with Gasteiger partial charge in [-0.05, 0) is 67.3 Å². The minimum Gasteiger partial charge on any atom is -0.491 e. The lowest BCUT2D eigenvalue weighted by molar-refractivity contribution is -0.139. The number of anilines is 4. The van der Waals surface area contributed by atoms with Crippen LogP contribution in [0.5, 0.6) is 5.75 Å². The maximum Gasteiger partial charge on any atom is 0.392 e. The number of piperidine rings is 1. The van der Waals surface area contributed by atoms with E-state index >= 15 is 0 Å². The summed E-state index contributed by atoms with van der Waals surface area (Å²) in [6, 6.07) is 8.05. The molecule has 3 aliphatic rings. The fraction of sp³-hybridized carbons (Fsp3) is 0.536. The van der Waals surface area contributed by atoms with E-state index in [2.05, 4.69) is 14.9 Å². The molecule has 0 unspecified atom stereocenters. The second-order valence-electron chi connectivity index (χ2n) is 11.2. The molecule has 2 heterocycles. The van der Waals surface area contributed by atoms with E-state index < -0.39 is 47.5 Å². The van der Waals surface area contributed by atoms with Crippen molar-refractivity contribution in [2.45, 2.75) is 44.7 Å². The summed E-state index contributed by atoms with van der Waals surface area (Å²) in [6.07, 6.45) is -0.377. The van der Waals surface area contributed by atoms with Gasteiger partial charge in [0, 0.05) is 38.4 Å². The number of nitrogens with zero attached hydrogens (tertiary/aromatic N) is 2. The molecule has 1 saturated heterocycles. The molecule has 5 rings (SSSR count). The Morgan fingerprint density at radius 3 is 2.46 bits per heavy atom. The van der Waals surface area contributed by atoms with E-state index in [9.17, 15) is 26.4 Å². The highest BCUT2D eigenvalue weighted by molar-refractivity contribution is 7.92. The molecular weight excluding hydrogens is 561 g/mol. The molecule has 2 aliphatic heterocycles. The zero-order valence-electron chi connectivity index (χ0n) is 22.9. The number of hydrogen-bond acceptors (Lipinski definition) is 7. The van der Waals surface area contributed by atoms with Crippen LogP contribution < -0.4 is 24.6 Å². The predicted molar refractivity (Wildman–Crippen MR) is 152 cm³/mol. The van der Waals surface area contributed by atoms with E-state index in [0.29, 0.717) is 41.0 Å². The van der Waals surface area contributed by atoms with Crippen molar-refractivity contribution in [1.29, 1.82) is 0 Å². The van der Waals surface area contributed by atoms with Crippen LogP contribution in [0.1, 0.15) is 48.0 Å². The Labute approximate surface area is 237 Å². The molecule has 13 heteroatoms. The first-order chi connectivity index (χ1) is 19.4. The van der Waals surface area contributed by atoms with Gasteiger partial charge in [-0.1, -0.05) is 0 Å². The number of halogens is 3. The van der Waals surface area contributed by atoms with Crippen LogP contribution in [0.15, 0.2) is 30.3 Å². The predicted octanol–water partition coefficient (Wildman–Crippen LogP) is 4.38. The highest BCUT2D eigenvalue weighted by atomic mass is 32.2. The third-order valence-corrected chi connectivity index (χ3v) is 9.42. The highest BCUT2D eigenvalue weighted by Crippen LogP contribution is 2.54. The number of benzene rings is 2. The number of sulfonamides is 1. The summed E-state index contributed by atoms with van der Waals surface area (Å²) in [5, 5.41) is 12.0. The highest BCUT2D eigenvalue weighted by Gasteiger charge is 2.44. The van der Waals surface area contributed by atoms with E-state index in [1.807, 2.05) is 18.0 Å². The van der Waals surface area contributed by atoms with Gasteiger partial charge in [0.1, 0.15) is 5.75 Å². The number of nitrogens with one attached hydrogen (secondary N) is 2. The number of rotatable bonds is 10. The molecule has 224 valence electrons. The molecule has 1 spiro atoms. The van der Waals surface area contributed by atoms with Gasteiger partial charge in [-0.15, -0.1) is 0 Å². The molecule has 9 nitrogen and oxygen atoms in total. The molecular formula is C28H35F3N4O5S. The monoisotopic (exact) mass is 596 g/mol. The van der Waals surface area contributed by atoms with E-state index in [0.717, 1.165) is 31.5 Å². The van der Waals surface area contributed by atoms with Crippen molar-refractivity contribution >= 4 is 38.7 Å². The number of ether oxygens (including phenoxy) is 1. The second kappa shape index (κ2) is 11.2. The Morgan fingerprint density at radius 1 is 1.07 bits per heavy atom. The van der Waals surface area contributed by atoms with Gasteiger partial charge in [0.05, 0.1) is 48.0 Å². The molecule has 1 aliphatic carbocycles. The fourth-order valence-corrected chi connectivity index (χ4v) is 6.47. The first-order valence-corrected chi connectivity index (χ1v) is 15.4. The third kappa shape index (κ3) is 7.00. The van der Waals surface area contributed by atoms with Crippen LogP contribution >= 0.6 is 0 Å². The van der Waals surface area contributed by atoms with Gasteiger partial charge < -0.3 is 25.0 Å². The van der Waals surface area contributed by atoms with Crippen LogP contribution in [0.25, 0.3) is 0 Å². The van der Waals surface area contributed by atoms with E-state index in [1.165, 1.54) is 18.9 Å². The van der Waals surface area contributed by atoms with Crippen LogP contribution in [-0.2, 0) is 16.4 Å². The number of carbonyl (C=O) groups excluding carboxylic acids is 1. The van der Waals surface area contributed by atoms with Crippen LogP contribution in [-0.4, -0.2) is 71.3 Å². The molecule has 0 atom stereocenters. The first-order valence-electron chi connectivity index (χ1n) is 13.8. The molecule has 2 fully saturated rings. The Kier molecular flexibility index (Phi) is 8.03. The van der Waals surface area contributed by atoms with E-state index in [1.54, 1.807) is 18.2 Å². The summed E-state index contributed by atoms with van der Waals surface area (Å²) in [5.74, 6) is -0.594. The Bertz CT molecular complexity index is 1400. The van der Waals surface area contributed by atoms with E-state index in [-0.39, 0.29) is 11.4 Å². The largest absolute Gasteiger partial charge is 0.491 e. The average molecular weight is 597 g/mol. The number of fused-ring (bicyclic) bond motifs is 1. The van der Waals surface area contributed by atoms with Crippen LogP contribution in [0, 0.1) is 5.41 Å². The number of carbonyl (C=O) groups is 1. The number of aliphatic hydroxyl groups is 1. The Hall–Kier alpha value is -3.19. The molecule has 2 aromatic rings. The molecule has 0 radical (unpaired) electrons. The van der Waals surface area contributed by atoms with Crippen LogP contribution in [0.2, 0.25) is 0 Å². The summed E-state index contributed by atoms with van der Waals surface area (Å²) in [6.45, 7) is 1.09. The SMILES string of the molecule is CN1CCc2cc(NC(=O)c3ccc(NS(=O)(=O)CCO)cc3N3CCC4(CC3)CC4)cc(OCCC(F)(F)F)c21. The fourth-order valence-electron chi connectivity index (χ4n) is 5.64. The van der Waals surface area contributed by atoms with Crippen molar-refractivity contribution in [2.24, 2.45) is 5.41 Å². The number of amides is 1. The number of likely N-dealkylation sites (N-methyl/N-ethyl adjacent to an activating group) is 1. The molecule has 1 saturated carbocycles. The molecule has 2 aromatic carbocycles. The summed E-state index contributed by atoms with van der Waals surface area (Å²) in [7, 11) is -1.92. The molecule has 0 bridgehead atoms. The van der Waals surface area contributed by atoms with Crippen molar-refractivity contribution in [3.63, 3.8) is 0 Å². The van der Waals surface area contributed by atoms with Gasteiger partial charge in [0.25, 0.3) is 5.91 Å². The van der Waals surface area contributed by atoms with Crippen LogP contribution in [0.4, 0.5) is 35.9 Å². The Morgan fingerprint density at radius 2 is 1.80 bits per heavy atom. The minimum absolute atomic E-state index is 0.279. The quantitative estimate of drug-likeness (QED) is 0.374. The Balaban J connectivity index is 1.41. The second-order valence-corrected chi connectivity index (χ2v) is 13.0. The van der Waals surface area contributed by atoms with Crippen molar-refractivity contribution in [2.75, 3.05) is 65.5 Å². The van der Waals surface area contributed by atoms with Crippen LogP contribution in [0.3, 0.4) is 0 Å². The van der Waals surface area contributed by atoms with Gasteiger partial charge in [-0.2, -0.15) is 13.2 Å². The normalized spacial score (nSPS) is 17.9. The van der Waals surface area contributed by atoms with Crippen molar-refractivity contribution in [3.05, 3.63) is 41.5 Å². The number of hydrogen-bond donors (Lipinski definition) is 3. The number of alkyl halides is 3. The van der Waals surface area contributed by atoms with Gasteiger partial charge in [0.15, 0.2) is 0 Å². The smallest absolute Gasteiger partial charge is 0.392 e. The molecule has 3 N–H and O–H groups in total. The van der Waals surface area contributed by atoms with Gasteiger partial charge in [-0.3, -0.25) is 9.52 Å². The zero-order chi connectivity index (χ0) is 29.4. The first kappa shape index (κ1) is 29.3. The third-order valence-electron chi connectivity index (χ3n) is 8.15. The summed E-state index contributed by atoms with van der Waals surface area (Å²) in [5.41, 5.74) is 3.60. The average Bonchev–Trinajstić information content (AvgIpc) is 3.54. The molecule has 0 aromatic heterocycles. The summed E-state index contributed by atoms with van der Waals surface area (Å²) in [4.78, 5) is 17.6. The van der Waals surface area contributed by atoms with Gasteiger partial charge in [0.2, 0.25) is 10.0 Å². The minimum atomic E-state index is -4.34. The lowest BCUT2D eigenvalue weighted by Gasteiger charge is -2.35. The maximum absolute atomic E-state index is 13.6. The van der Waals surface area contributed by atoms with Gasteiger partial charge >= 0.3 is 6.18 Å². The van der Waals surface area contributed by atoms with Gasteiger partial charge in [-0.25, -0.2) is 8.42 Å². The van der Waals surface area contributed by atoms with Crippen molar-refractivity contribution in [1.82, 2.24) is 0 Å². The summed E-state index contributed by atoms with van der Waals surface area (Å²) < 4.78 is 70.8. The zero-order valence-corrected chi connectivity index (χ0v) is 23.7. The van der Waals surface area contributed by atoms with E-state index in [4.69, 9.17) is 9.84 Å². The number of aliphatic hydroxyl groups excluding tert-OH is 1. The maximum atomic E-state index is 13.6. The summed E-state index contributed by atoms with van der Waals surface area (Å²) >= 11 is 0. The molecule has 41 heavy (non-hydrogen) atoms. The lowest BCUT2D eigenvalue weighted by Crippen LogP contribution is -2.35. The lowest BCUT2D eigenvalue weighted by atomic mass is 9.93. The van der Waals surface area contributed by atoms with Crippen molar-refractivity contribution in [3.8, 4) is 5.75 Å². The van der Waals surface area contributed by atoms with Crippen molar-refractivity contribution < 1.29 is 36.2 Å².